The van der Waals surface area contributed by atoms with E-state index in [4.69, 9.17) is 13.1 Å². The molecule has 2 aromatic heterocycles. The Bertz CT molecular complexity index is 3480. The monoisotopic (exact) mass is 782 g/mol. The molecule has 0 atom stereocenters. The first-order valence-corrected chi connectivity index (χ1v) is 19.5. The van der Waals surface area contributed by atoms with Crippen LogP contribution in [-0.2, 0) is 6.18 Å². The maximum absolute atomic E-state index is 14.3. The summed E-state index contributed by atoms with van der Waals surface area (Å²) in [5, 5.41) is 4.05. The van der Waals surface area contributed by atoms with Gasteiger partial charge in [0.25, 0.3) is 0 Å². The number of halogens is 3. The van der Waals surface area contributed by atoms with Gasteiger partial charge in [0.05, 0.1) is 46.6 Å². The molecule has 0 aliphatic carbocycles. The van der Waals surface area contributed by atoms with Gasteiger partial charge in [-0.05, 0) is 125 Å². The maximum atomic E-state index is 14.3. The second-order valence-electron chi connectivity index (χ2n) is 15.1. The van der Waals surface area contributed by atoms with Gasteiger partial charge in [-0.3, -0.25) is 0 Å². The second kappa shape index (κ2) is 13.9. The molecule has 0 aliphatic rings. The third kappa shape index (κ3) is 5.82. The summed E-state index contributed by atoms with van der Waals surface area (Å²) in [6.07, 6.45) is -4.70. The van der Waals surface area contributed by atoms with Gasteiger partial charge in [0.15, 0.2) is 11.4 Å². The lowest BCUT2D eigenvalue weighted by Crippen LogP contribution is -2.06. The Balaban J connectivity index is 1.33. The molecule has 0 bridgehead atoms. The van der Waals surface area contributed by atoms with Crippen LogP contribution in [0.15, 0.2) is 164 Å². The topological polar surface area (TPSA) is 18.6 Å². The molecular weight excluding hydrogens is 750 g/mol. The average molecular weight is 783 g/mol. The van der Waals surface area contributed by atoms with Crippen molar-refractivity contribution in [2.45, 2.75) is 20.0 Å². The highest BCUT2D eigenvalue weighted by molar-refractivity contribution is 6.13. The normalized spacial score (nSPS) is 11.7. The molecule has 0 N–H and O–H groups in total. The van der Waals surface area contributed by atoms with E-state index in [1.165, 1.54) is 6.07 Å². The number of alkyl halides is 3. The Hall–Kier alpha value is -7.87. The molecule has 0 spiro atoms. The summed E-state index contributed by atoms with van der Waals surface area (Å²) < 4.78 is 47.4. The number of aryl methyl sites for hydroxylation is 2. The number of nitrogens with zero attached hydrogens (tertiary/aromatic N) is 4. The number of hydrogen-bond donors (Lipinski definition) is 0. The first-order valence-electron chi connectivity index (χ1n) is 19.5. The van der Waals surface area contributed by atoms with Crippen LogP contribution in [0.5, 0.6) is 0 Å². The van der Waals surface area contributed by atoms with Crippen LogP contribution in [0.25, 0.3) is 98.1 Å². The number of rotatable bonds is 5. The van der Waals surface area contributed by atoms with Gasteiger partial charge < -0.3 is 9.13 Å². The number of aromatic nitrogens is 2. The highest BCUT2D eigenvalue weighted by Crippen LogP contribution is 2.46. The Morgan fingerprint density at radius 3 is 1.42 bits per heavy atom. The SMILES string of the molecule is [C-]#[N+]c1cc(-c2cc(-n3c4ccccc4c4cc(-c5ccccc5C)ccc43)c(-n3c4ccccc4c4cc(-c5ccccc5C)ccc43)cc2[N+]#[C-])cc(C(F)(F)F)c1. The number of benzene rings is 8. The lowest BCUT2D eigenvalue weighted by atomic mass is 9.98. The first-order chi connectivity index (χ1) is 29.1. The van der Waals surface area contributed by atoms with Gasteiger partial charge in [-0.15, -0.1) is 0 Å². The van der Waals surface area contributed by atoms with Crippen molar-refractivity contribution in [3.63, 3.8) is 0 Å². The van der Waals surface area contributed by atoms with Gasteiger partial charge in [-0.1, -0.05) is 97.1 Å². The van der Waals surface area contributed by atoms with E-state index >= 15 is 0 Å². The maximum Gasteiger partial charge on any atom is 0.415 e. The fourth-order valence-electron chi connectivity index (χ4n) is 8.84. The van der Waals surface area contributed by atoms with Crippen LogP contribution in [0.2, 0.25) is 0 Å². The third-order valence-electron chi connectivity index (χ3n) is 11.6. The van der Waals surface area contributed by atoms with Crippen LogP contribution >= 0.6 is 0 Å². The van der Waals surface area contributed by atoms with Gasteiger partial charge in [0, 0.05) is 27.1 Å². The molecule has 10 rings (SSSR count). The van der Waals surface area contributed by atoms with Gasteiger partial charge in [0.2, 0.25) is 0 Å². The van der Waals surface area contributed by atoms with Crippen LogP contribution in [0.3, 0.4) is 0 Å². The van der Waals surface area contributed by atoms with Crippen molar-refractivity contribution < 1.29 is 13.2 Å². The Labute approximate surface area is 344 Å². The summed E-state index contributed by atoms with van der Waals surface area (Å²) in [5.74, 6) is 0. The summed E-state index contributed by atoms with van der Waals surface area (Å²) in [5.41, 5.74) is 11.2. The van der Waals surface area contributed by atoms with Gasteiger partial charge in [0.1, 0.15) is 0 Å². The van der Waals surface area contributed by atoms with E-state index in [1.807, 2.05) is 54.6 Å². The fourth-order valence-corrected chi connectivity index (χ4v) is 8.84. The molecule has 0 unspecified atom stereocenters. The molecule has 0 fully saturated rings. The van der Waals surface area contributed by atoms with E-state index in [1.54, 1.807) is 6.07 Å². The van der Waals surface area contributed by atoms with E-state index in [0.29, 0.717) is 16.9 Å². The summed E-state index contributed by atoms with van der Waals surface area (Å²) in [7, 11) is 0. The predicted molar refractivity (Wildman–Crippen MR) is 238 cm³/mol. The number of fused-ring (bicyclic) bond motifs is 6. The summed E-state index contributed by atoms with van der Waals surface area (Å²) in [6.45, 7) is 20.3. The zero-order valence-corrected chi connectivity index (χ0v) is 32.5. The molecule has 7 heteroatoms. The Morgan fingerprint density at radius 2 is 0.917 bits per heavy atom. The molecule has 0 amide bonds. The van der Waals surface area contributed by atoms with Gasteiger partial charge in [-0.25, -0.2) is 9.69 Å². The number of para-hydroxylation sites is 2. The van der Waals surface area contributed by atoms with Crippen molar-refractivity contribution in [3.05, 3.63) is 203 Å². The second-order valence-corrected chi connectivity index (χ2v) is 15.1. The van der Waals surface area contributed by atoms with Crippen molar-refractivity contribution in [3.8, 4) is 44.8 Å². The van der Waals surface area contributed by atoms with Crippen molar-refractivity contribution in [2.75, 3.05) is 0 Å². The minimum atomic E-state index is -4.70. The standard InChI is InChI=1S/C53H33F3N4/c1-32-13-5-7-15-39(32)34-21-23-49-44(27-34)41-17-9-11-19-47(41)59(49)51-30-43(36-25-37(53(54,55)56)29-38(26-36)57-3)46(58-4)31-52(51)60-48-20-12-10-18-42(48)45-28-35(22-24-50(45)60)40-16-8-6-14-33(40)2/h5-31H,1-2H3. The third-order valence-corrected chi connectivity index (χ3v) is 11.6. The van der Waals surface area contributed by atoms with Crippen molar-refractivity contribution in [1.82, 2.24) is 9.13 Å². The molecule has 8 aromatic carbocycles. The van der Waals surface area contributed by atoms with Crippen LogP contribution in [0, 0.1) is 27.0 Å². The van der Waals surface area contributed by atoms with E-state index in [2.05, 4.69) is 118 Å². The molecule has 60 heavy (non-hydrogen) atoms. The molecular formula is C53H33F3N4. The Morgan fingerprint density at radius 1 is 0.433 bits per heavy atom. The molecule has 0 radical (unpaired) electrons. The van der Waals surface area contributed by atoms with E-state index < -0.39 is 11.7 Å². The Kier molecular flexibility index (Phi) is 8.45. The number of hydrogen-bond acceptors (Lipinski definition) is 0. The van der Waals surface area contributed by atoms with Crippen molar-refractivity contribution >= 4 is 55.0 Å². The summed E-state index contributed by atoms with van der Waals surface area (Å²) in [4.78, 5) is 7.36. The van der Waals surface area contributed by atoms with Crippen LogP contribution in [0.1, 0.15) is 16.7 Å². The molecule has 0 aliphatic heterocycles. The molecule has 2 heterocycles. The van der Waals surface area contributed by atoms with Crippen molar-refractivity contribution in [2.24, 2.45) is 0 Å². The largest absolute Gasteiger partial charge is 0.415 e. The summed E-state index contributed by atoms with van der Waals surface area (Å²) in [6, 6.07) is 52.7. The zero-order valence-electron chi connectivity index (χ0n) is 32.5. The van der Waals surface area contributed by atoms with Crippen LogP contribution < -0.4 is 0 Å². The minimum Gasteiger partial charge on any atom is -0.308 e. The van der Waals surface area contributed by atoms with Crippen molar-refractivity contribution in [1.29, 1.82) is 0 Å². The van der Waals surface area contributed by atoms with Crippen LogP contribution in [0.4, 0.5) is 24.5 Å². The lowest BCUT2D eigenvalue weighted by molar-refractivity contribution is -0.137. The van der Waals surface area contributed by atoms with E-state index in [-0.39, 0.29) is 16.9 Å². The lowest BCUT2D eigenvalue weighted by Gasteiger charge is -2.20. The summed E-state index contributed by atoms with van der Waals surface area (Å²) >= 11 is 0. The van der Waals surface area contributed by atoms with Crippen LogP contribution in [-0.4, -0.2) is 9.13 Å². The highest BCUT2D eigenvalue weighted by atomic mass is 19.4. The quantitative estimate of drug-likeness (QED) is 0.155. The molecule has 286 valence electrons. The fraction of sp³-hybridized carbons (Fsp3) is 0.0566. The highest BCUT2D eigenvalue weighted by Gasteiger charge is 2.32. The smallest absolute Gasteiger partial charge is 0.308 e. The van der Waals surface area contributed by atoms with E-state index in [9.17, 15) is 13.2 Å². The molecule has 4 nitrogen and oxygen atoms in total. The molecule has 10 aromatic rings. The zero-order chi connectivity index (χ0) is 41.3. The van der Waals surface area contributed by atoms with Gasteiger partial charge >= 0.3 is 6.18 Å². The average Bonchev–Trinajstić information content (AvgIpc) is 3.77. The van der Waals surface area contributed by atoms with E-state index in [0.717, 1.165) is 89.1 Å². The first kappa shape index (κ1) is 36.5. The van der Waals surface area contributed by atoms with Gasteiger partial charge in [-0.2, -0.15) is 13.2 Å². The molecule has 0 saturated heterocycles. The minimum absolute atomic E-state index is 0.141. The molecule has 0 saturated carbocycles. The predicted octanol–water partition coefficient (Wildman–Crippen LogP) is 15.6.